The van der Waals surface area contributed by atoms with Crippen LogP contribution < -0.4 is 0 Å². The number of thiocarbonyl (C=S) groups is 1. The van der Waals surface area contributed by atoms with E-state index >= 15 is 0 Å². The van der Waals surface area contributed by atoms with Gasteiger partial charge in [-0.3, -0.25) is 0 Å². The van der Waals surface area contributed by atoms with E-state index in [9.17, 15) is 0 Å². The average molecular weight is 162 g/mol. The second-order valence-electron chi connectivity index (χ2n) is 2.39. The Morgan fingerprint density at radius 2 is 2.20 bits per heavy atom. The molecule has 0 saturated carbocycles. The Bertz CT molecular complexity index is 104. The molecule has 0 fully saturated rings. The Morgan fingerprint density at radius 3 is 2.60 bits per heavy atom. The molecule has 0 aromatic rings. The molecule has 0 bridgehead atoms. The van der Waals surface area contributed by atoms with Crippen molar-refractivity contribution in [3.8, 4) is 0 Å². The van der Waals surface area contributed by atoms with Crippen LogP contribution in [0.1, 0.15) is 32.6 Å². The van der Waals surface area contributed by atoms with Crippen molar-refractivity contribution in [1.82, 2.24) is 0 Å². The first kappa shape index (κ1) is 9.85. The van der Waals surface area contributed by atoms with Gasteiger partial charge in [-0.05, 0) is 18.6 Å². The second kappa shape index (κ2) is 5.62. The number of aliphatic hydroxyl groups excluding tert-OH is 2. The van der Waals surface area contributed by atoms with E-state index in [1.54, 1.807) is 0 Å². The van der Waals surface area contributed by atoms with Crippen molar-refractivity contribution in [2.24, 2.45) is 0 Å². The van der Waals surface area contributed by atoms with Gasteiger partial charge in [0.2, 0.25) is 0 Å². The number of hydrogen-bond donors (Lipinski definition) is 2. The van der Waals surface area contributed by atoms with Crippen LogP contribution in [-0.4, -0.2) is 21.4 Å². The standard InChI is InChI=1S/C7H14O2S/c1-2-3-4-6(8)5-7(9)10/h6,8H,2-5H2,1H3,(H,9,10). The van der Waals surface area contributed by atoms with Crippen LogP contribution in [0.5, 0.6) is 0 Å². The highest BCUT2D eigenvalue weighted by molar-refractivity contribution is 7.80. The molecule has 0 amide bonds. The second-order valence-corrected chi connectivity index (χ2v) is 2.87. The summed E-state index contributed by atoms with van der Waals surface area (Å²) in [5.41, 5.74) is 0. The van der Waals surface area contributed by atoms with Gasteiger partial charge in [-0.2, -0.15) is 0 Å². The van der Waals surface area contributed by atoms with Crippen molar-refractivity contribution < 1.29 is 10.2 Å². The molecular weight excluding hydrogens is 148 g/mol. The van der Waals surface area contributed by atoms with Gasteiger partial charge in [-0.1, -0.05) is 19.8 Å². The Balaban J connectivity index is 3.25. The molecule has 0 aliphatic carbocycles. The molecule has 2 nitrogen and oxygen atoms in total. The van der Waals surface area contributed by atoms with Crippen molar-refractivity contribution in [1.29, 1.82) is 0 Å². The van der Waals surface area contributed by atoms with Gasteiger partial charge in [0.1, 0.15) is 0 Å². The molecule has 1 atom stereocenters. The quantitative estimate of drug-likeness (QED) is 0.606. The number of rotatable bonds is 5. The smallest absolute Gasteiger partial charge is 0.159 e. The maximum absolute atomic E-state index is 9.10. The maximum Gasteiger partial charge on any atom is 0.159 e. The summed E-state index contributed by atoms with van der Waals surface area (Å²) in [6, 6.07) is 0. The fraction of sp³-hybridized carbons (Fsp3) is 0.857. The lowest BCUT2D eigenvalue weighted by molar-refractivity contribution is 0.165. The van der Waals surface area contributed by atoms with Crippen molar-refractivity contribution in [3.05, 3.63) is 0 Å². The Labute approximate surface area is 66.9 Å². The zero-order chi connectivity index (χ0) is 7.98. The first-order chi connectivity index (χ1) is 4.66. The molecule has 0 spiro atoms. The normalized spacial score (nSPS) is 13.0. The highest BCUT2D eigenvalue weighted by atomic mass is 32.1. The van der Waals surface area contributed by atoms with E-state index in [2.05, 4.69) is 19.1 Å². The fourth-order valence-corrected chi connectivity index (χ4v) is 0.936. The van der Waals surface area contributed by atoms with Crippen molar-refractivity contribution >= 4 is 17.3 Å². The molecule has 0 aliphatic heterocycles. The van der Waals surface area contributed by atoms with E-state index in [0.29, 0.717) is 0 Å². The minimum atomic E-state index is -0.447. The summed E-state index contributed by atoms with van der Waals surface area (Å²) in [4.78, 5) is 0. The molecule has 3 heteroatoms. The molecule has 2 N–H and O–H groups in total. The van der Waals surface area contributed by atoms with Crippen molar-refractivity contribution in [2.75, 3.05) is 0 Å². The SMILES string of the molecule is CCCCC(O)CC(O)=S. The topological polar surface area (TPSA) is 40.5 Å². The molecule has 0 aromatic carbocycles. The lowest BCUT2D eigenvalue weighted by Crippen LogP contribution is -2.10. The first-order valence-corrected chi connectivity index (χ1v) is 3.97. The predicted molar refractivity (Wildman–Crippen MR) is 45.4 cm³/mol. The number of hydrogen-bond acceptors (Lipinski definition) is 2. The van der Waals surface area contributed by atoms with Crippen LogP contribution in [0.25, 0.3) is 0 Å². The van der Waals surface area contributed by atoms with Gasteiger partial charge in [0.15, 0.2) is 5.05 Å². The molecule has 0 aliphatic rings. The highest BCUT2D eigenvalue weighted by Gasteiger charge is 2.04. The Kier molecular flexibility index (Phi) is 5.54. The molecule has 0 heterocycles. The third kappa shape index (κ3) is 5.98. The van der Waals surface area contributed by atoms with Gasteiger partial charge in [-0.15, -0.1) is 0 Å². The Hall–Kier alpha value is -0.150. The maximum atomic E-state index is 9.10. The van der Waals surface area contributed by atoms with Crippen LogP contribution in [0.2, 0.25) is 0 Å². The average Bonchev–Trinajstić information content (AvgIpc) is 1.82. The molecule has 1 unspecified atom stereocenters. The van der Waals surface area contributed by atoms with Crippen LogP contribution in [-0.2, 0) is 0 Å². The zero-order valence-electron chi connectivity index (χ0n) is 6.21. The number of unbranched alkanes of at least 4 members (excludes halogenated alkanes) is 1. The van der Waals surface area contributed by atoms with Gasteiger partial charge >= 0.3 is 0 Å². The summed E-state index contributed by atoms with van der Waals surface area (Å²) in [5, 5.41) is 17.6. The fourth-order valence-electron chi connectivity index (χ4n) is 0.743. The molecule has 0 aromatic heterocycles. The van der Waals surface area contributed by atoms with E-state index in [0.717, 1.165) is 19.3 Å². The van der Waals surface area contributed by atoms with Gasteiger partial charge < -0.3 is 10.2 Å². The monoisotopic (exact) mass is 162 g/mol. The zero-order valence-corrected chi connectivity index (χ0v) is 7.02. The summed E-state index contributed by atoms with van der Waals surface area (Å²) in [5.74, 6) is 0. The summed E-state index contributed by atoms with van der Waals surface area (Å²) in [6.07, 6.45) is 2.59. The van der Waals surface area contributed by atoms with E-state index in [4.69, 9.17) is 10.2 Å². The highest BCUT2D eigenvalue weighted by Crippen LogP contribution is 2.03. The van der Waals surface area contributed by atoms with E-state index in [-0.39, 0.29) is 11.5 Å². The summed E-state index contributed by atoms with van der Waals surface area (Å²) >= 11 is 4.42. The molecular formula is C7H14O2S. The van der Waals surface area contributed by atoms with Gasteiger partial charge in [-0.25, -0.2) is 0 Å². The molecule has 0 radical (unpaired) electrons. The third-order valence-electron chi connectivity index (χ3n) is 1.30. The van der Waals surface area contributed by atoms with Crippen molar-refractivity contribution in [3.63, 3.8) is 0 Å². The minimum Gasteiger partial charge on any atom is -0.502 e. The summed E-state index contributed by atoms with van der Waals surface area (Å²) in [7, 11) is 0. The first-order valence-electron chi connectivity index (χ1n) is 3.56. The van der Waals surface area contributed by atoms with Gasteiger partial charge in [0.25, 0.3) is 0 Å². The van der Waals surface area contributed by atoms with Gasteiger partial charge in [0, 0.05) is 6.42 Å². The van der Waals surface area contributed by atoms with E-state index in [1.807, 2.05) is 0 Å². The molecule has 60 valence electrons. The van der Waals surface area contributed by atoms with Gasteiger partial charge in [0.05, 0.1) is 6.10 Å². The lowest BCUT2D eigenvalue weighted by atomic mass is 10.1. The largest absolute Gasteiger partial charge is 0.502 e. The molecule has 0 saturated heterocycles. The van der Waals surface area contributed by atoms with E-state index < -0.39 is 6.10 Å². The Morgan fingerprint density at radius 1 is 1.60 bits per heavy atom. The molecule has 0 rings (SSSR count). The summed E-state index contributed by atoms with van der Waals surface area (Å²) in [6.45, 7) is 2.06. The summed E-state index contributed by atoms with van der Waals surface area (Å²) < 4.78 is 0. The van der Waals surface area contributed by atoms with Crippen LogP contribution in [0.3, 0.4) is 0 Å². The van der Waals surface area contributed by atoms with E-state index in [1.165, 1.54) is 0 Å². The lowest BCUT2D eigenvalue weighted by Gasteiger charge is -2.06. The van der Waals surface area contributed by atoms with Crippen LogP contribution in [0.4, 0.5) is 0 Å². The predicted octanol–water partition coefficient (Wildman–Crippen LogP) is 1.81. The van der Waals surface area contributed by atoms with Crippen LogP contribution >= 0.6 is 12.2 Å². The third-order valence-corrected chi connectivity index (χ3v) is 1.47. The number of aliphatic hydroxyl groups is 2. The minimum absolute atomic E-state index is 0.0939. The van der Waals surface area contributed by atoms with Crippen LogP contribution in [0.15, 0.2) is 0 Å². The van der Waals surface area contributed by atoms with Crippen LogP contribution in [0, 0.1) is 0 Å². The van der Waals surface area contributed by atoms with Crippen molar-refractivity contribution in [2.45, 2.75) is 38.7 Å². The molecule has 10 heavy (non-hydrogen) atoms.